The van der Waals surface area contributed by atoms with Crippen molar-refractivity contribution in [1.82, 2.24) is 0 Å². The van der Waals surface area contributed by atoms with Crippen molar-refractivity contribution < 1.29 is 14.6 Å². The molecule has 1 rings (SSSR count). The highest BCUT2D eigenvalue weighted by molar-refractivity contribution is 5.84. The number of carbonyl (C=O) groups is 1. The summed E-state index contributed by atoms with van der Waals surface area (Å²) in [5.74, 6) is 0.167. The number of ether oxygens (including phenoxy) is 1. The van der Waals surface area contributed by atoms with Crippen LogP contribution in [-0.4, -0.2) is 17.8 Å². The van der Waals surface area contributed by atoms with Gasteiger partial charge in [-0.05, 0) is 30.7 Å². The smallest absolute Gasteiger partial charge is 0.411 e. The third-order valence-corrected chi connectivity index (χ3v) is 1.84. The van der Waals surface area contributed by atoms with Crippen LogP contribution >= 0.6 is 0 Å². The average Bonchev–Trinajstić information content (AvgIpc) is 2.22. The average molecular weight is 209 g/mol. The van der Waals surface area contributed by atoms with Crippen LogP contribution in [0.2, 0.25) is 0 Å². The molecule has 4 heteroatoms. The molecule has 1 amide bonds. The van der Waals surface area contributed by atoms with Crippen LogP contribution in [-0.2, 0) is 4.74 Å². The van der Waals surface area contributed by atoms with Crippen LogP contribution in [0.15, 0.2) is 24.3 Å². The quantitative estimate of drug-likeness (QED) is 0.592. The molecule has 0 aliphatic carbocycles. The summed E-state index contributed by atoms with van der Waals surface area (Å²) in [6.07, 6.45) is 1.39. The molecule has 0 radical (unpaired) electrons. The Kier molecular flexibility index (Phi) is 4.47. The second-order valence-electron chi connectivity index (χ2n) is 3.16. The van der Waals surface area contributed by atoms with Crippen LogP contribution in [0.25, 0.3) is 0 Å². The van der Waals surface area contributed by atoms with Crippen molar-refractivity contribution in [2.45, 2.75) is 19.8 Å². The Hall–Kier alpha value is -1.71. The molecule has 0 saturated heterocycles. The minimum Gasteiger partial charge on any atom is -0.508 e. The Morgan fingerprint density at radius 1 is 1.40 bits per heavy atom. The molecule has 2 N–H and O–H groups in total. The SMILES string of the molecule is CCCCOC(=O)Nc1ccc(O)cc1. The molecule has 82 valence electrons. The van der Waals surface area contributed by atoms with Gasteiger partial charge < -0.3 is 9.84 Å². The zero-order valence-electron chi connectivity index (χ0n) is 8.69. The van der Waals surface area contributed by atoms with Crippen LogP contribution in [0.4, 0.5) is 10.5 Å². The predicted octanol–water partition coefficient (Wildman–Crippen LogP) is 2.74. The van der Waals surface area contributed by atoms with E-state index in [-0.39, 0.29) is 5.75 Å². The molecule has 0 atom stereocenters. The van der Waals surface area contributed by atoms with Gasteiger partial charge in [0.25, 0.3) is 0 Å². The standard InChI is InChI=1S/C11H15NO3/c1-2-3-8-15-11(14)12-9-4-6-10(13)7-5-9/h4-7,13H,2-3,8H2,1H3,(H,12,14). The summed E-state index contributed by atoms with van der Waals surface area (Å²) in [4.78, 5) is 11.2. The maximum Gasteiger partial charge on any atom is 0.411 e. The first-order valence-electron chi connectivity index (χ1n) is 4.95. The third-order valence-electron chi connectivity index (χ3n) is 1.84. The highest BCUT2D eigenvalue weighted by atomic mass is 16.5. The molecule has 0 saturated carbocycles. The van der Waals surface area contributed by atoms with Crippen LogP contribution in [0, 0.1) is 0 Å². The molecule has 0 aliphatic rings. The van der Waals surface area contributed by atoms with Crippen molar-refractivity contribution >= 4 is 11.8 Å². The van der Waals surface area contributed by atoms with E-state index in [9.17, 15) is 4.79 Å². The van der Waals surface area contributed by atoms with E-state index in [1.807, 2.05) is 6.92 Å². The minimum absolute atomic E-state index is 0.167. The fourth-order valence-corrected chi connectivity index (χ4v) is 1.01. The number of unbranched alkanes of at least 4 members (excludes halogenated alkanes) is 1. The summed E-state index contributed by atoms with van der Waals surface area (Å²) < 4.78 is 4.90. The van der Waals surface area contributed by atoms with Crippen molar-refractivity contribution in [3.8, 4) is 5.75 Å². The second kappa shape index (κ2) is 5.90. The lowest BCUT2D eigenvalue weighted by molar-refractivity contribution is 0.160. The van der Waals surface area contributed by atoms with Gasteiger partial charge >= 0.3 is 6.09 Å². The molecular formula is C11H15NO3. The summed E-state index contributed by atoms with van der Waals surface area (Å²) in [6.45, 7) is 2.46. The van der Waals surface area contributed by atoms with E-state index in [1.54, 1.807) is 12.1 Å². The van der Waals surface area contributed by atoms with E-state index >= 15 is 0 Å². The fourth-order valence-electron chi connectivity index (χ4n) is 1.01. The molecule has 0 spiro atoms. The minimum atomic E-state index is -0.464. The van der Waals surface area contributed by atoms with E-state index < -0.39 is 6.09 Å². The molecule has 0 bridgehead atoms. The molecule has 1 aromatic carbocycles. The molecule has 0 aliphatic heterocycles. The lowest BCUT2D eigenvalue weighted by Gasteiger charge is -2.06. The Morgan fingerprint density at radius 2 is 2.07 bits per heavy atom. The summed E-state index contributed by atoms with van der Waals surface area (Å²) in [5, 5.41) is 11.6. The highest BCUT2D eigenvalue weighted by Gasteiger charge is 2.01. The first kappa shape index (κ1) is 11.4. The van der Waals surface area contributed by atoms with E-state index in [2.05, 4.69) is 5.32 Å². The van der Waals surface area contributed by atoms with Gasteiger partial charge in [-0.3, -0.25) is 5.32 Å². The van der Waals surface area contributed by atoms with Crippen LogP contribution in [0.3, 0.4) is 0 Å². The number of carbonyl (C=O) groups excluding carboxylic acids is 1. The number of hydrogen-bond acceptors (Lipinski definition) is 3. The van der Waals surface area contributed by atoms with Gasteiger partial charge in [0.2, 0.25) is 0 Å². The number of nitrogens with one attached hydrogen (secondary N) is 1. The molecule has 0 unspecified atom stereocenters. The first-order chi connectivity index (χ1) is 7.22. The predicted molar refractivity (Wildman–Crippen MR) is 58.0 cm³/mol. The van der Waals surface area contributed by atoms with E-state index in [4.69, 9.17) is 9.84 Å². The van der Waals surface area contributed by atoms with Crippen LogP contribution in [0.5, 0.6) is 5.75 Å². The number of hydrogen-bond donors (Lipinski definition) is 2. The van der Waals surface area contributed by atoms with Crippen molar-refractivity contribution in [3.05, 3.63) is 24.3 Å². The van der Waals surface area contributed by atoms with Gasteiger partial charge in [0.15, 0.2) is 0 Å². The molecule has 0 heterocycles. The maximum atomic E-state index is 11.2. The fraction of sp³-hybridized carbons (Fsp3) is 0.364. The number of phenols is 1. The zero-order valence-corrected chi connectivity index (χ0v) is 8.69. The van der Waals surface area contributed by atoms with Gasteiger partial charge in [0, 0.05) is 5.69 Å². The highest BCUT2D eigenvalue weighted by Crippen LogP contribution is 2.13. The normalized spacial score (nSPS) is 9.67. The number of benzene rings is 1. The van der Waals surface area contributed by atoms with Gasteiger partial charge in [0.05, 0.1) is 6.61 Å². The number of anilines is 1. The number of phenolic OH excluding ortho intramolecular Hbond substituents is 1. The Bertz CT molecular complexity index is 308. The third kappa shape index (κ3) is 4.35. The van der Waals surface area contributed by atoms with Crippen molar-refractivity contribution in [3.63, 3.8) is 0 Å². The van der Waals surface area contributed by atoms with Gasteiger partial charge in [0.1, 0.15) is 5.75 Å². The van der Waals surface area contributed by atoms with Crippen LogP contribution in [0.1, 0.15) is 19.8 Å². The summed E-state index contributed by atoms with van der Waals surface area (Å²) >= 11 is 0. The van der Waals surface area contributed by atoms with Gasteiger partial charge in [-0.25, -0.2) is 4.79 Å². The first-order valence-corrected chi connectivity index (χ1v) is 4.95. The van der Waals surface area contributed by atoms with Gasteiger partial charge in [-0.1, -0.05) is 13.3 Å². The van der Waals surface area contributed by atoms with Crippen molar-refractivity contribution in [2.75, 3.05) is 11.9 Å². The topological polar surface area (TPSA) is 58.6 Å². The summed E-state index contributed by atoms with van der Waals surface area (Å²) in [7, 11) is 0. The van der Waals surface area contributed by atoms with Crippen LogP contribution < -0.4 is 5.32 Å². The number of rotatable bonds is 4. The second-order valence-corrected chi connectivity index (χ2v) is 3.16. The molecule has 0 aromatic heterocycles. The maximum absolute atomic E-state index is 11.2. The Balaban J connectivity index is 2.34. The lowest BCUT2D eigenvalue weighted by Crippen LogP contribution is -2.14. The lowest BCUT2D eigenvalue weighted by atomic mass is 10.3. The van der Waals surface area contributed by atoms with E-state index in [0.29, 0.717) is 12.3 Å². The molecular weight excluding hydrogens is 194 g/mol. The van der Waals surface area contributed by atoms with Gasteiger partial charge in [-0.2, -0.15) is 0 Å². The molecule has 0 fully saturated rings. The Morgan fingerprint density at radius 3 is 2.67 bits per heavy atom. The molecule has 4 nitrogen and oxygen atoms in total. The van der Waals surface area contributed by atoms with Crippen molar-refractivity contribution in [2.24, 2.45) is 0 Å². The van der Waals surface area contributed by atoms with E-state index in [0.717, 1.165) is 12.8 Å². The van der Waals surface area contributed by atoms with Gasteiger partial charge in [-0.15, -0.1) is 0 Å². The number of amides is 1. The molecule has 15 heavy (non-hydrogen) atoms. The monoisotopic (exact) mass is 209 g/mol. The summed E-state index contributed by atoms with van der Waals surface area (Å²) in [6, 6.07) is 6.22. The zero-order chi connectivity index (χ0) is 11.1. The number of aromatic hydroxyl groups is 1. The molecule has 1 aromatic rings. The largest absolute Gasteiger partial charge is 0.508 e. The summed E-state index contributed by atoms with van der Waals surface area (Å²) in [5.41, 5.74) is 0.606. The Labute approximate surface area is 88.9 Å². The van der Waals surface area contributed by atoms with E-state index in [1.165, 1.54) is 12.1 Å². The van der Waals surface area contributed by atoms with Crippen molar-refractivity contribution in [1.29, 1.82) is 0 Å².